The molecule has 0 unspecified atom stereocenters. The van der Waals surface area contributed by atoms with E-state index >= 15 is 0 Å². The van der Waals surface area contributed by atoms with Crippen LogP contribution in [0.2, 0.25) is 0 Å². The summed E-state index contributed by atoms with van der Waals surface area (Å²) in [7, 11) is 0. The van der Waals surface area contributed by atoms with Crippen molar-refractivity contribution >= 4 is 46.2 Å². The Morgan fingerprint density at radius 1 is 1.07 bits per heavy atom. The normalized spacial score (nSPS) is 10.4. The van der Waals surface area contributed by atoms with Crippen molar-refractivity contribution in [3.8, 4) is 0 Å². The first-order valence-electron chi connectivity index (χ1n) is 7.88. The van der Waals surface area contributed by atoms with Gasteiger partial charge >= 0.3 is 0 Å². The summed E-state index contributed by atoms with van der Waals surface area (Å²) in [5, 5.41) is 15.4. The van der Waals surface area contributed by atoms with E-state index in [9.17, 15) is 19.7 Å². The number of anilines is 1. The minimum Gasteiger partial charge on any atom is -0.322 e. The van der Waals surface area contributed by atoms with E-state index in [2.05, 4.69) is 5.32 Å². The molecule has 136 valence electrons. The van der Waals surface area contributed by atoms with Crippen LogP contribution >= 0.6 is 23.1 Å². The summed E-state index contributed by atoms with van der Waals surface area (Å²) < 4.78 is 0. The van der Waals surface area contributed by atoms with Gasteiger partial charge in [0.2, 0.25) is 0 Å². The quantitative estimate of drug-likeness (QED) is 0.265. The molecule has 27 heavy (non-hydrogen) atoms. The summed E-state index contributed by atoms with van der Waals surface area (Å²) in [6.45, 7) is 0. The number of non-ortho nitro benzene ring substituents is 1. The molecule has 3 rings (SSSR count). The number of hydrogen-bond acceptors (Lipinski definition) is 6. The summed E-state index contributed by atoms with van der Waals surface area (Å²) in [6.07, 6.45) is 0. The van der Waals surface area contributed by atoms with Gasteiger partial charge in [0, 0.05) is 28.3 Å². The van der Waals surface area contributed by atoms with Crippen LogP contribution in [0, 0.1) is 10.1 Å². The van der Waals surface area contributed by atoms with Crippen LogP contribution in [-0.2, 0) is 0 Å². The zero-order valence-corrected chi connectivity index (χ0v) is 15.6. The number of carbonyl (C=O) groups excluding carboxylic acids is 2. The molecule has 2 aromatic carbocycles. The highest BCUT2D eigenvalue weighted by atomic mass is 32.2. The van der Waals surface area contributed by atoms with E-state index in [-0.39, 0.29) is 17.0 Å². The first-order chi connectivity index (χ1) is 13.0. The summed E-state index contributed by atoms with van der Waals surface area (Å²) in [4.78, 5) is 36.3. The maximum absolute atomic E-state index is 12.3. The fourth-order valence-electron chi connectivity index (χ4n) is 2.28. The van der Waals surface area contributed by atoms with Gasteiger partial charge in [-0.25, -0.2) is 0 Å². The highest BCUT2D eigenvalue weighted by molar-refractivity contribution is 8.00. The van der Waals surface area contributed by atoms with Gasteiger partial charge in [-0.05, 0) is 35.7 Å². The number of rotatable bonds is 7. The number of carbonyl (C=O) groups is 2. The van der Waals surface area contributed by atoms with Crippen molar-refractivity contribution < 1.29 is 14.5 Å². The molecule has 0 atom stereocenters. The average Bonchev–Trinajstić information content (AvgIpc) is 3.21. The number of amides is 1. The molecule has 0 aliphatic heterocycles. The zero-order chi connectivity index (χ0) is 19.2. The molecule has 6 nitrogen and oxygen atoms in total. The molecule has 0 spiro atoms. The van der Waals surface area contributed by atoms with Crippen LogP contribution in [-0.4, -0.2) is 22.4 Å². The Bertz CT molecular complexity index is 987. The molecule has 0 bridgehead atoms. The van der Waals surface area contributed by atoms with Gasteiger partial charge in [0.05, 0.1) is 15.6 Å². The lowest BCUT2D eigenvalue weighted by Crippen LogP contribution is -2.12. The summed E-state index contributed by atoms with van der Waals surface area (Å²) in [6, 6.07) is 16.3. The van der Waals surface area contributed by atoms with Crippen LogP contribution in [0.5, 0.6) is 0 Å². The van der Waals surface area contributed by atoms with E-state index in [1.165, 1.54) is 47.4 Å². The molecule has 1 amide bonds. The molecule has 1 heterocycles. The van der Waals surface area contributed by atoms with Gasteiger partial charge in [0.1, 0.15) is 0 Å². The third-order valence-electron chi connectivity index (χ3n) is 3.58. The van der Waals surface area contributed by atoms with Crippen molar-refractivity contribution in [3.63, 3.8) is 0 Å². The molecule has 0 aliphatic rings. The van der Waals surface area contributed by atoms with Crippen LogP contribution in [0.1, 0.15) is 20.0 Å². The van der Waals surface area contributed by atoms with Crippen molar-refractivity contribution in [1.82, 2.24) is 0 Å². The van der Waals surface area contributed by atoms with E-state index in [1.54, 1.807) is 24.3 Å². The Morgan fingerprint density at radius 3 is 2.63 bits per heavy atom. The minimum absolute atomic E-state index is 0.0565. The van der Waals surface area contributed by atoms with Crippen molar-refractivity contribution in [1.29, 1.82) is 0 Å². The monoisotopic (exact) mass is 398 g/mol. The topological polar surface area (TPSA) is 89.3 Å². The van der Waals surface area contributed by atoms with Gasteiger partial charge in [-0.15, -0.1) is 23.1 Å². The Morgan fingerprint density at radius 2 is 1.89 bits per heavy atom. The van der Waals surface area contributed by atoms with E-state index in [4.69, 9.17) is 0 Å². The van der Waals surface area contributed by atoms with Gasteiger partial charge in [0.15, 0.2) is 5.78 Å². The number of Topliss-reactive ketones (excluding diaryl/α,β-unsaturated/α-hetero) is 1. The van der Waals surface area contributed by atoms with Crippen molar-refractivity contribution in [2.75, 3.05) is 11.1 Å². The molecular weight excluding hydrogens is 384 g/mol. The fraction of sp³-hybridized carbons (Fsp3) is 0.0526. The first-order valence-corrected chi connectivity index (χ1v) is 9.75. The van der Waals surface area contributed by atoms with E-state index < -0.39 is 10.8 Å². The summed E-state index contributed by atoms with van der Waals surface area (Å²) in [5.74, 6) is -0.0699. The maximum atomic E-state index is 12.3. The number of nitrogens with one attached hydrogen (secondary N) is 1. The van der Waals surface area contributed by atoms with Crippen LogP contribution in [0.25, 0.3) is 0 Å². The number of ketones is 1. The molecular formula is C19H14N2O4S2. The third kappa shape index (κ3) is 5.02. The number of nitrogens with zero attached hydrogens (tertiary/aromatic N) is 1. The maximum Gasteiger partial charge on any atom is 0.270 e. The molecule has 0 fully saturated rings. The standard InChI is InChI=1S/C19H14N2O4S2/c22-17(18-8-3-9-26-18)12-27-16-7-2-5-14(11-16)20-19(23)13-4-1-6-15(10-13)21(24)25/h1-11H,12H2,(H,20,23). The van der Waals surface area contributed by atoms with Crippen molar-refractivity contribution in [2.45, 2.75) is 4.90 Å². The van der Waals surface area contributed by atoms with Gasteiger partial charge in [-0.2, -0.15) is 0 Å². The Kier molecular flexibility index (Phi) is 6.00. The summed E-state index contributed by atoms with van der Waals surface area (Å²) in [5.41, 5.74) is 0.620. The molecule has 0 saturated carbocycles. The lowest BCUT2D eigenvalue weighted by Gasteiger charge is -2.07. The lowest BCUT2D eigenvalue weighted by atomic mass is 10.2. The number of thiophene rings is 1. The van der Waals surface area contributed by atoms with Gasteiger partial charge in [0.25, 0.3) is 11.6 Å². The van der Waals surface area contributed by atoms with Crippen molar-refractivity contribution in [3.05, 3.63) is 86.6 Å². The molecule has 1 N–H and O–H groups in total. The number of nitro groups is 1. The Hall–Kier alpha value is -2.97. The molecule has 8 heteroatoms. The zero-order valence-electron chi connectivity index (χ0n) is 14.0. The van der Waals surface area contributed by atoms with Crippen LogP contribution < -0.4 is 5.32 Å². The summed E-state index contributed by atoms with van der Waals surface area (Å²) >= 11 is 2.80. The molecule has 0 radical (unpaired) electrons. The van der Waals surface area contributed by atoms with Gasteiger partial charge in [-0.1, -0.05) is 18.2 Å². The van der Waals surface area contributed by atoms with E-state index in [1.807, 2.05) is 17.5 Å². The second-order valence-electron chi connectivity index (χ2n) is 5.48. The molecule has 0 aliphatic carbocycles. The lowest BCUT2D eigenvalue weighted by molar-refractivity contribution is -0.384. The third-order valence-corrected chi connectivity index (χ3v) is 5.48. The van der Waals surface area contributed by atoms with Crippen LogP contribution in [0.4, 0.5) is 11.4 Å². The minimum atomic E-state index is -0.543. The van der Waals surface area contributed by atoms with Crippen molar-refractivity contribution in [2.24, 2.45) is 0 Å². The number of thioether (sulfide) groups is 1. The van der Waals surface area contributed by atoms with Gasteiger partial charge in [-0.3, -0.25) is 19.7 Å². The highest BCUT2D eigenvalue weighted by Gasteiger charge is 2.12. The number of benzene rings is 2. The Labute approximate surface area is 163 Å². The van der Waals surface area contributed by atoms with Crippen LogP contribution in [0.3, 0.4) is 0 Å². The predicted molar refractivity (Wildman–Crippen MR) is 107 cm³/mol. The number of nitro benzene ring substituents is 1. The first kappa shape index (κ1) is 18.8. The van der Waals surface area contributed by atoms with E-state index in [0.717, 1.165) is 9.77 Å². The van der Waals surface area contributed by atoms with Crippen LogP contribution in [0.15, 0.2) is 70.9 Å². The van der Waals surface area contributed by atoms with E-state index in [0.29, 0.717) is 11.4 Å². The highest BCUT2D eigenvalue weighted by Crippen LogP contribution is 2.24. The SMILES string of the molecule is O=C(Nc1cccc(SCC(=O)c2cccs2)c1)c1cccc([N+](=O)[O-])c1. The average molecular weight is 398 g/mol. The predicted octanol–water partition coefficient (Wildman–Crippen LogP) is 4.88. The molecule has 1 aromatic heterocycles. The largest absolute Gasteiger partial charge is 0.322 e. The second-order valence-corrected chi connectivity index (χ2v) is 7.47. The molecule has 3 aromatic rings. The number of hydrogen-bond donors (Lipinski definition) is 1. The Balaban J connectivity index is 1.65. The molecule has 0 saturated heterocycles. The fourth-order valence-corrected chi connectivity index (χ4v) is 3.88. The smallest absolute Gasteiger partial charge is 0.270 e. The van der Waals surface area contributed by atoms with Gasteiger partial charge < -0.3 is 5.32 Å². The second kappa shape index (κ2) is 8.61.